The fourth-order valence-electron chi connectivity index (χ4n) is 2.04. The molecule has 0 unspecified atom stereocenters. The molecule has 2 aromatic heterocycles. The highest BCUT2D eigenvalue weighted by Gasteiger charge is 2.07. The van der Waals surface area contributed by atoms with Crippen LogP contribution in [0.25, 0.3) is 5.65 Å². The van der Waals surface area contributed by atoms with Gasteiger partial charge in [-0.2, -0.15) is 5.10 Å². The second-order valence-corrected chi connectivity index (χ2v) is 4.51. The van der Waals surface area contributed by atoms with Crippen LogP contribution in [0.2, 0.25) is 0 Å². The topological polar surface area (TPSA) is 92.0 Å². The van der Waals surface area contributed by atoms with Gasteiger partial charge in [-0.15, -0.1) is 0 Å². The second kappa shape index (κ2) is 5.12. The molecule has 21 heavy (non-hydrogen) atoms. The lowest BCUT2D eigenvalue weighted by atomic mass is 10.2. The van der Waals surface area contributed by atoms with E-state index in [9.17, 15) is 0 Å². The number of hydrogen-bond acceptors (Lipinski definition) is 5. The molecule has 7 nitrogen and oxygen atoms in total. The number of anilines is 2. The third kappa shape index (κ3) is 2.36. The maximum Gasteiger partial charge on any atom is 0.170 e. The summed E-state index contributed by atoms with van der Waals surface area (Å²) in [5.41, 5.74) is 7.94. The highest BCUT2D eigenvalue weighted by atomic mass is 16.4. The lowest BCUT2D eigenvalue weighted by molar-refractivity contribution is 0.318. The zero-order valence-corrected chi connectivity index (χ0v) is 11.4. The Labute approximate surface area is 120 Å². The van der Waals surface area contributed by atoms with Crippen molar-refractivity contribution >= 4 is 23.0 Å². The van der Waals surface area contributed by atoms with E-state index in [4.69, 9.17) is 10.9 Å². The third-order valence-electron chi connectivity index (χ3n) is 3.25. The van der Waals surface area contributed by atoms with Gasteiger partial charge in [0, 0.05) is 30.6 Å². The molecule has 2 heterocycles. The van der Waals surface area contributed by atoms with Crippen LogP contribution in [0, 0.1) is 0 Å². The molecule has 0 aliphatic rings. The van der Waals surface area contributed by atoms with Crippen molar-refractivity contribution in [2.75, 3.05) is 11.9 Å². The summed E-state index contributed by atoms with van der Waals surface area (Å²) < 4.78 is 1.71. The van der Waals surface area contributed by atoms with Crippen molar-refractivity contribution in [2.45, 2.75) is 0 Å². The van der Waals surface area contributed by atoms with Gasteiger partial charge in [-0.25, -0.2) is 9.50 Å². The van der Waals surface area contributed by atoms with Gasteiger partial charge in [0.1, 0.15) is 5.82 Å². The van der Waals surface area contributed by atoms with Crippen LogP contribution in [-0.4, -0.2) is 32.7 Å². The van der Waals surface area contributed by atoms with Crippen LogP contribution in [0.5, 0.6) is 0 Å². The molecule has 0 saturated heterocycles. The zero-order chi connectivity index (χ0) is 14.8. The second-order valence-electron chi connectivity index (χ2n) is 4.51. The Morgan fingerprint density at radius 2 is 2.00 bits per heavy atom. The summed E-state index contributed by atoms with van der Waals surface area (Å²) in [7, 11) is 1.92. The van der Waals surface area contributed by atoms with Crippen molar-refractivity contribution in [3.05, 3.63) is 54.4 Å². The van der Waals surface area contributed by atoms with Crippen LogP contribution in [0.4, 0.5) is 11.5 Å². The summed E-state index contributed by atoms with van der Waals surface area (Å²) in [5, 5.41) is 15.8. The van der Waals surface area contributed by atoms with Crippen molar-refractivity contribution in [2.24, 2.45) is 10.9 Å². The molecule has 0 bridgehead atoms. The molecular formula is C14H14N6O. The van der Waals surface area contributed by atoms with Crippen LogP contribution < -0.4 is 10.6 Å². The fourth-order valence-corrected chi connectivity index (χ4v) is 2.04. The van der Waals surface area contributed by atoms with Crippen molar-refractivity contribution < 1.29 is 5.21 Å². The number of amidine groups is 1. The standard InChI is InChI=1S/C14H14N6O/c1-19(11-4-2-10(3-5-11)14(15)18-21)12-7-9-20-13(17-12)6-8-16-20/h2-9,21H,1H3,(H2,15,18). The van der Waals surface area contributed by atoms with Crippen molar-refractivity contribution in [3.8, 4) is 0 Å². The number of nitrogens with zero attached hydrogens (tertiary/aromatic N) is 5. The number of rotatable bonds is 3. The third-order valence-corrected chi connectivity index (χ3v) is 3.25. The molecule has 0 aliphatic heterocycles. The largest absolute Gasteiger partial charge is 0.409 e. The SMILES string of the molecule is CN(c1ccc(/C(N)=N/O)cc1)c1ccn2nccc2n1. The smallest absolute Gasteiger partial charge is 0.170 e. The normalized spacial score (nSPS) is 11.8. The lowest BCUT2D eigenvalue weighted by Crippen LogP contribution is -2.14. The van der Waals surface area contributed by atoms with Gasteiger partial charge in [0.15, 0.2) is 11.5 Å². The molecule has 0 aliphatic carbocycles. The summed E-state index contributed by atoms with van der Waals surface area (Å²) in [6.07, 6.45) is 3.57. The predicted octanol–water partition coefficient (Wildman–Crippen LogP) is 1.59. The number of fused-ring (bicyclic) bond motifs is 1. The Hall–Kier alpha value is -3.09. The molecule has 0 amide bonds. The monoisotopic (exact) mass is 282 g/mol. The molecule has 7 heteroatoms. The van der Waals surface area contributed by atoms with Crippen LogP contribution in [0.3, 0.4) is 0 Å². The van der Waals surface area contributed by atoms with Crippen molar-refractivity contribution in [1.82, 2.24) is 14.6 Å². The minimum Gasteiger partial charge on any atom is -0.409 e. The van der Waals surface area contributed by atoms with E-state index in [2.05, 4.69) is 15.2 Å². The molecule has 3 N–H and O–H groups in total. The maximum absolute atomic E-state index is 8.66. The van der Waals surface area contributed by atoms with E-state index in [-0.39, 0.29) is 5.84 Å². The maximum atomic E-state index is 8.66. The summed E-state index contributed by atoms with van der Waals surface area (Å²) in [4.78, 5) is 6.47. The average molecular weight is 282 g/mol. The molecule has 106 valence electrons. The van der Waals surface area contributed by atoms with Gasteiger partial charge in [-0.1, -0.05) is 5.16 Å². The molecule has 0 spiro atoms. The summed E-state index contributed by atoms with van der Waals surface area (Å²) in [5.74, 6) is 0.891. The van der Waals surface area contributed by atoms with Crippen molar-refractivity contribution in [1.29, 1.82) is 0 Å². The molecule has 0 fully saturated rings. The van der Waals surface area contributed by atoms with Gasteiger partial charge < -0.3 is 15.8 Å². The van der Waals surface area contributed by atoms with E-state index in [0.29, 0.717) is 5.56 Å². The Morgan fingerprint density at radius 3 is 2.71 bits per heavy atom. The molecule has 3 aromatic rings. The van der Waals surface area contributed by atoms with E-state index in [0.717, 1.165) is 17.2 Å². The first-order valence-electron chi connectivity index (χ1n) is 6.31. The van der Waals surface area contributed by atoms with Crippen LogP contribution in [-0.2, 0) is 0 Å². The van der Waals surface area contributed by atoms with Gasteiger partial charge >= 0.3 is 0 Å². The molecular weight excluding hydrogens is 268 g/mol. The Balaban J connectivity index is 1.91. The Kier molecular flexibility index (Phi) is 3.15. The lowest BCUT2D eigenvalue weighted by Gasteiger charge is -2.18. The van der Waals surface area contributed by atoms with Crippen LogP contribution in [0.15, 0.2) is 53.9 Å². The molecule has 0 saturated carbocycles. The van der Waals surface area contributed by atoms with E-state index in [1.807, 2.05) is 42.4 Å². The average Bonchev–Trinajstić information content (AvgIpc) is 3.01. The highest BCUT2D eigenvalue weighted by Crippen LogP contribution is 2.22. The summed E-state index contributed by atoms with van der Waals surface area (Å²) in [6.45, 7) is 0. The number of nitrogens with two attached hydrogens (primary N) is 1. The first kappa shape index (κ1) is 12.9. The molecule has 3 rings (SSSR count). The van der Waals surface area contributed by atoms with E-state index < -0.39 is 0 Å². The van der Waals surface area contributed by atoms with Gasteiger partial charge in [0.2, 0.25) is 0 Å². The molecule has 0 radical (unpaired) electrons. The first-order chi connectivity index (χ1) is 10.2. The summed E-state index contributed by atoms with van der Waals surface area (Å²) >= 11 is 0. The van der Waals surface area contributed by atoms with Crippen LogP contribution in [0.1, 0.15) is 5.56 Å². The molecule has 1 aromatic carbocycles. The van der Waals surface area contributed by atoms with Gasteiger partial charge in [0.25, 0.3) is 0 Å². The van der Waals surface area contributed by atoms with Gasteiger partial charge in [-0.3, -0.25) is 0 Å². The number of oxime groups is 1. The first-order valence-corrected chi connectivity index (χ1v) is 6.31. The highest BCUT2D eigenvalue weighted by molar-refractivity contribution is 5.97. The Bertz CT molecular complexity index is 793. The minimum atomic E-state index is 0.0861. The predicted molar refractivity (Wildman–Crippen MR) is 80.0 cm³/mol. The van der Waals surface area contributed by atoms with Crippen LogP contribution >= 0.6 is 0 Å². The van der Waals surface area contributed by atoms with Crippen molar-refractivity contribution in [3.63, 3.8) is 0 Å². The van der Waals surface area contributed by atoms with E-state index in [1.54, 1.807) is 22.8 Å². The fraction of sp³-hybridized carbons (Fsp3) is 0.0714. The molecule has 0 atom stereocenters. The summed E-state index contributed by atoms with van der Waals surface area (Å²) in [6, 6.07) is 11.1. The van der Waals surface area contributed by atoms with E-state index >= 15 is 0 Å². The number of hydrogen-bond donors (Lipinski definition) is 2. The van der Waals surface area contributed by atoms with Gasteiger partial charge in [-0.05, 0) is 30.3 Å². The number of benzene rings is 1. The minimum absolute atomic E-state index is 0.0861. The zero-order valence-electron chi connectivity index (χ0n) is 11.4. The Morgan fingerprint density at radius 1 is 1.24 bits per heavy atom. The quantitative estimate of drug-likeness (QED) is 0.329. The van der Waals surface area contributed by atoms with Gasteiger partial charge in [0.05, 0.1) is 6.20 Å². The van der Waals surface area contributed by atoms with E-state index in [1.165, 1.54) is 0 Å². The number of aromatic nitrogens is 3.